The molecule has 144 valence electrons. The molecule has 3 rings (SSSR count). The highest BCUT2D eigenvalue weighted by molar-refractivity contribution is 8.00. The van der Waals surface area contributed by atoms with E-state index in [1.54, 1.807) is 4.90 Å². The van der Waals surface area contributed by atoms with Gasteiger partial charge in [-0.2, -0.15) is 0 Å². The lowest BCUT2D eigenvalue weighted by molar-refractivity contribution is -0.132. The lowest BCUT2D eigenvalue weighted by atomic mass is 10.1. The van der Waals surface area contributed by atoms with Crippen LogP contribution in [0.3, 0.4) is 0 Å². The minimum absolute atomic E-state index is 0.0126. The van der Waals surface area contributed by atoms with Crippen LogP contribution >= 0.6 is 11.8 Å². The molecule has 1 fully saturated rings. The number of rotatable bonds is 6. The molecule has 0 radical (unpaired) electrons. The average Bonchev–Trinajstić information content (AvgIpc) is 2.99. The lowest BCUT2D eigenvalue weighted by Gasteiger charge is -2.33. The van der Waals surface area contributed by atoms with E-state index in [0.717, 1.165) is 17.1 Å². The zero-order valence-electron chi connectivity index (χ0n) is 15.1. The molecule has 1 aromatic rings. The Bertz CT molecular complexity index is 765. The van der Waals surface area contributed by atoms with Crippen LogP contribution in [0.5, 0.6) is 11.5 Å². The Morgan fingerprint density at radius 3 is 2.69 bits per heavy atom. The minimum atomic E-state index is -3.02. The van der Waals surface area contributed by atoms with Crippen LogP contribution in [0, 0.1) is 0 Å². The molecule has 2 atom stereocenters. The molecule has 0 aromatic heterocycles. The quantitative estimate of drug-likeness (QED) is 0.684. The van der Waals surface area contributed by atoms with E-state index in [-0.39, 0.29) is 35.2 Å². The summed E-state index contributed by atoms with van der Waals surface area (Å²) in [5, 5.41) is 0. The first-order valence-electron chi connectivity index (χ1n) is 8.93. The number of hydrogen-bond acceptors (Lipinski definition) is 6. The largest absolute Gasteiger partial charge is 0.486 e. The Morgan fingerprint density at radius 1 is 1.31 bits per heavy atom. The SMILES string of the molecule is CC[C@H](C)N(C(=O)CSc1ccc2c(c1)OCCO2)[C@H]1CCS(=O)(=O)C1. The van der Waals surface area contributed by atoms with Crippen molar-refractivity contribution in [1.82, 2.24) is 4.90 Å². The first kappa shape index (κ1) is 19.4. The Balaban J connectivity index is 1.66. The first-order valence-corrected chi connectivity index (χ1v) is 11.7. The number of nitrogens with zero attached hydrogens (tertiary/aromatic N) is 1. The fourth-order valence-corrected chi connectivity index (χ4v) is 5.84. The fourth-order valence-electron chi connectivity index (χ4n) is 3.33. The molecule has 0 bridgehead atoms. The molecule has 2 aliphatic rings. The molecule has 1 amide bonds. The van der Waals surface area contributed by atoms with Crippen LogP contribution in [0.2, 0.25) is 0 Å². The summed E-state index contributed by atoms with van der Waals surface area (Å²) in [6.07, 6.45) is 1.34. The van der Waals surface area contributed by atoms with Crippen LogP contribution in [0.25, 0.3) is 0 Å². The summed E-state index contributed by atoms with van der Waals surface area (Å²) in [6.45, 7) is 5.07. The summed E-state index contributed by atoms with van der Waals surface area (Å²) < 4.78 is 34.7. The normalized spacial score (nSPS) is 22.0. The van der Waals surface area contributed by atoms with Gasteiger partial charge in [-0.05, 0) is 38.0 Å². The van der Waals surface area contributed by atoms with E-state index in [2.05, 4.69) is 0 Å². The minimum Gasteiger partial charge on any atom is -0.486 e. The van der Waals surface area contributed by atoms with Gasteiger partial charge in [0.1, 0.15) is 13.2 Å². The Labute approximate surface area is 159 Å². The molecular formula is C18H25NO5S2. The molecule has 1 aromatic carbocycles. The van der Waals surface area contributed by atoms with Crippen molar-refractivity contribution < 1.29 is 22.7 Å². The first-order chi connectivity index (χ1) is 12.4. The number of hydrogen-bond donors (Lipinski definition) is 0. The van der Waals surface area contributed by atoms with Gasteiger partial charge in [0.05, 0.1) is 17.3 Å². The fraction of sp³-hybridized carbons (Fsp3) is 0.611. The number of benzene rings is 1. The number of carbonyl (C=O) groups is 1. The maximum atomic E-state index is 12.9. The summed E-state index contributed by atoms with van der Waals surface area (Å²) in [4.78, 5) is 15.6. The second kappa shape index (κ2) is 8.08. The van der Waals surface area contributed by atoms with Crippen molar-refractivity contribution in [2.24, 2.45) is 0 Å². The van der Waals surface area contributed by atoms with E-state index < -0.39 is 9.84 Å². The number of fused-ring (bicyclic) bond motifs is 1. The predicted octanol–water partition coefficient (Wildman–Crippen LogP) is 2.36. The lowest BCUT2D eigenvalue weighted by Crippen LogP contribution is -2.47. The highest BCUT2D eigenvalue weighted by atomic mass is 32.2. The summed E-state index contributed by atoms with van der Waals surface area (Å²) in [6, 6.07) is 5.49. The van der Waals surface area contributed by atoms with E-state index >= 15 is 0 Å². The Kier molecular flexibility index (Phi) is 6.02. The number of sulfone groups is 1. The summed E-state index contributed by atoms with van der Waals surface area (Å²) in [5.41, 5.74) is 0. The van der Waals surface area contributed by atoms with Crippen molar-refractivity contribution in [2.45, 2.75) is 43.7 Å². The van der Waals surface area contributed by atoms with Crippen molar-refractivity contribution in [3.05, 3.63) is 18.2 Å². The highest BCUT2D eigenvalue weighted by Crippen LogP contribution is 2.34. The van der Waals surface area contributed by atoms with Crippen LogP contribution in [0.1, 0.15) is 26.7 Å². The smallest absolute Gasteiger partial charge is 0.233 e. The standard InChI is InChI=1S/C18H25NO5S2/c1-3-13(2)19(14-6-9-26(21,22)12-14)18(20)11-25-15-4-5-16-17(10-15)24-8-7-23-16/h4-5,10,13-14H,3,6-9,11-12H2,1-2H3/t13-,14-/m0/s1. The van der Waals surface area contributed by atoms with Crippen LogP contribution in [-0.4, -0.2) is 61.8 Å². The summed E-state index contributed by atoms with van der Waals surface area (Å²) >= 11 is 1.44. The van der Waals surface area contributed by atoms with Gasteiger partial charge >= 0.3 is 0 Å². The molecule has 0 unspecified atom stereocenters. The van der Waals surface area contributed by atoms with Gasteiger partial charge < -0.3 is 14.4 Å². The number of carbonyl (C=O) groups excluding carboxylic acids is 1. The summed E-state index contributed by atoms with van der Waals surface area (Å²) in [7, 11) is -3.02. The zero-order valence-corrected chi connectivity index (χ0v) is 16.8. The molecule has 26 heavy (non-hydrogen) atoms. The Morgan fingerprint density at radius 2 is 2.04 bits per heavy atom. The maximum Gasteiger partial charge on any atom is 0.233 e. The third kappa shape index (κ3) is 4.46. The predicted molar refractivity (Wildman–Crippen MR) is 102 cm³/mol. The van der Waals surface area contributed by atoms with Gasteiger partial charge in [0.2, 0.25) is 5.91 Å². The van der Waals surface area contributed by atoms with Crippen LogP contribution < -0.4 is 9.47 Å². The third-order valence-corrected chi connectivity index (χ3v) is 7.56. The molecule has 0 N–H and O–H groups in total. The van der Waals surface area contributed by atoms with E-state index in [9.17, 15) is 13.2 Å². The molecule has 0 saturated carbocycles. The van der Waals surface area contributed by atoms with Gasteiger partial charge in [0.25, 0.3) is 0 Å². The van der Waals surface area contributed by atoms with Gasteiger partial charge in [0, 0.05) is 17.0 Å². The molecule has 0 spiro atoms. The second-order valence-corrected chi connectivity index (χ2v) is 9.99. The van der Waals surface area contributed by atoms with Gasteiger partial charge in [-0.15, -0.1) is 11.8 Å². The molecule has 0 aliphatic carbocycles. The van der Waals surface area contributed by atoms with Crippen LogP contribution in [-0.2, 0) is 14.6 Å². The topological polar surface area (TPSA) is 72.9 Å². The second-order valence-electron chi connectivity index (χ2n) is 6.71. The molecular weight excluding hydrogens is 374 g/mol. The van der Waals surface area contributed by atoms with Crippen molar-refractivity contribution in [3.8, 4) is 11.5 Å². The van der Waals surface area contributed by atoms with Gasteiger partial charge in [-0.1, -0.05) is 6.92 Å². The third-order valence-electron chi connectivity index (χ3n) is 4.83. The Hall–Kier alpha value is -1.41. The number of thioether (sulfide) groups is 1. The number of amides is 1. The zero-order chi connectivity index (χ0) is 18.7. The monoisotopic (exact) mass is 399 g/mol. The molecule has 8 heteroatoms. The van der Waals surface area contributed by atoms with E-state index in [1.165, 1.54) is 11.8 Å². The van der Waals surface area contributed by atoms with Crippen molar-refractivity contribution >= 4 is 27.5 Å². The van der Waals surface area contributed by atoms with E-state index in [4.69, 9.17) is 9.47 Å². The summed E-state index contributed by atoms with van der Waals surface area (Å²) in [5.74, 6) is 1.95. The van der Waals surface area contributed by atoms with Crippen molar-refractivity contribution in [1.29, 1.82) is 0 Å². The van der Waals surface area contributed by atoms with Crippen LogP contribution in [0.15, 0.2) is 23.1 Å². The molecule has 1 saturated heterocycles. The van der Waals surface area contributed by atoms with Crippen LogP contribution in [0.4, 0.5) is 0 Å². The highest BCUT2D eigenvalue weighted by Gasteiger charge is 2.36. The van der Waals surface area contributed by atoms with Gasteiger partial charge in [-0.25, -0.2) is 8.42 Å². The van der Waals surface area contributed by atoms with Gasteiger partial charge in [-0.3, -0.25) is 4.79 Å². The molecule has 2 aliphatic heterocycles. The molecule has 6 nitrogen and oxygen atoms in total. The van der Waals surface area contributed by atoms with Gasteiger partial charge in [0.15, 0.2) is 21.3 Å². The van der Waals surface area contributed by atoms with Crippen molar-refractivity contribution in [2.75, 3.05) is 30.5 Å². The van der Waals surface area contributed by atoms with E-state index in [1.807, 2.05) is 32.0 Å². The number of ether oxygens (including phenoxy) is 2. The maximum absolute atomic E-state index is 12.9. The average molecular weight is 400 g/mol. The van der Waals surface area contributed by atoms with E-state index in [0.29, 0.717) is 25.4 Å². The molecule has 2 heterocycles. The van der Waals surface area contributed by atoms with Crippen molar-refractivity contribution in [3.63, 3.8) is 0 Å².